The highest BCUT2D eigenvalue weighted by Gasteiger charge is 2.12. The summed E-state index contributed by atoms with van der Waals surface area (Å²) in [6, 6.07) is 8.27. The number of aryl methyl sites for hydroxylation is 4. The molecular weight excluding hydrogens is 352 g/mol. The van der Waals surface area contributed by atoms with E-state index in [1.54, 1.807) is 33.8 Å². The maximum Gasteiger partial charge on any atom is 0.300 e. The van der Waals surface area contributed by atoms with E-state index in [4.69, 9.17) is 0 Å². The number of fused-ring (bicyclic) bond motifs is 1. The molecular formula is C18H22N4OS2. The summed E-state index contributed by atoms with van der Waals surface area (Å²) in [5, 5.41) is 4.24. The minimum atomic E-state index is -0.288. The molecule has 132 valence electrons. The molecule has 0 aliphatic heterocycles. The zero-order chi connectivity index (χ0) is 18.0. The predicted octanol–water partition coefficient (Wildman–Crippen LogP) is 3.41. The van der Waals surface area contributed by atoms with E-state index in [9.17, 15) is 4.79 Å². The molecule has 0 atom stereocenters. The molecule has 0 saturated heterocycles. The fraction of sp³-hybridized carbons (Fsp3) is 0.389. The highest BCUT2D eigenvalue weighted by molar-refractivity contribution is 7.98. The van der Waals surface area contributed by atoms with Gasteiger partial charge >= 0.3 is 0 Å². The highest BCUT2D eigenvalue weighted by Crippen LogP contribution is 2.20. The number of nitrogens with zero attached hydrogens (tertiary/aromatic N) is 4. The van der Waals surface area contributed by atoms with Gasteiger partial charge < -0.3 is 4.57 Å². The summed E-state index contributed by atoms with van der Waals surface area (Å²) >= 11 is 3.36. The topological polar surface area (TPSA) is 52.2 Å². The van der Waals surface area contributed by atoms with Crippen LogP contribution in [0.5, 0.6) is 0 Å². The molecule has 1 aromatic carbocycles. The summed E-state index contributed by atoms with van der Waals surface area (Å²) in [4.78, 5) is 17.7. The second kappa shape index (κ2) is 7.58. The van der Waals surface area contributed by atoms with Gasteiger partial charge in [-0.3, -0.25) is 9.48 Å². The number of aromatic nitrogens is 3. The fourth-order valence-corrected chi connectivity index (χ4v) is 4.11. The number of carbonyl (C=O) groups excluding carboxylic acids is 1. The lowest BCUT2D eigenvalue weighted by molar-refractivity contribution is 0.0992. The Morgan fingerprint density at radius 2 is 2.16 bits per heavy atom. The van der Waals surface area contributed by atoms with Gasteiger partial charge in [0.1, 0.15) is 0 Å². The molecule has 0 spiro atoms. The van der Waals surface area contributed by atoms with Crippen LogP contribution in [-0.2, 0) is 20.0 Å². The van der Waals surface area contributed by atoms with Crippen LogP contribution in [0.3, 0.4) is 0 Å². The number of carbonyl (C=O) groups is 1. The molecule has 0 radical (unpaired) electrons. The normalized spacial score (nSPS) is 12.2. The van der Waals surface area contributed by atoms with Crippen molar-refractivity contribution in [2.75, 3.05) is 12.0 Å². The maximum absolute atomic E-state index is 12.6. The van der Waals surface area contributed by atoms with E-state index in [1.807, 2.05) is 14.0 Å². The molecule has 0 unspecified atom stereocenters. The zero-order valence-electron chi connectivity index (χ0n) is 14.9. The summed E-state index contributed by atoms with van der Waals surface area (Å²) in [7, 11) is 1.83. The molecule has 25 heavy (non-hydrogen) atoms. The Balaban J connectivity index is 2.10. The van der Waals surface area contributed by atoms with E-state index in [0.717, 1.165) is 34.7 Å². The Labute approximate surface area is 155 Å². The molecule has 5 nitrogen and oxygen atoms in total. The molecule has 0 bridgehead atoms. The van der Waals surface area contributed by atoms with Gasteiger partial charge in [0.25, 0.3) is 5.91 Å². The van der Waals surface area contributed by atoms with Gasteiger partial charge in [0, 0.05) is 25.0 Å². The van der Waals surface area contributed by atoms with Crippen molar-refractivity contribution in [1.82, 2.24) is 14.3 Å². The van der Waals surface area contributed by atoms with E-state index in [1.165, 1.54) is 10.3 Å². The lowest BCUT2D eigenvalue weighted by Gasteiger charge is -2.04. The van der Waals surface area contributed by atoms with Crippen molar-refractivity contribution < 1.29 is 4.79 Å². The van der Waals surface area contributed by atoms with Crippen molar-refractivity contribution >= 4 is 39.2 Å². The number of rotatable bonds is 5. The molecule has 3 rings (SSSR count). The molecule has 7 heteroatoms. The van der Waals surface area contributed by atoms with E-state index in [0.29, 0.717) is 5.69 Å². The van der Waals surface area contributed by atoms with Crippen LogP contribution in [0.15, 0.2) is 29.3 Å². The van der Waals surface area contributed by atoms with Crippen LogP contribution in [-0.4, -0.2) is 32.3 Å². The first kappa shape index (κ1) is 17.9. The Hall–Kier alpha value is -1.86. The molecule has 2 aromatic heterocycles. The molecule has 2 heterocycles. The first-order valence-electron chi connectivity index (χ1n) is 8.24. The molecule has 0 saturated carbocycles. The second-order valence-corrected chi connectivity index (χ2v) is 7.89. The van der Waals surface area contributed by atoms with Gasteiger partial charge in [0.2, 0.25) is 0 Å². The molecule has 1 amide bonds. The van der Waals surface area contributed by atoms with Crippen molar-refractivity contribution in [2.24, 2.45) is 12.0 Å². The Kier molecular flexibility index (Phi) is 5.44. The zero-order valence-corrected chi connectivity index (χ0v) is 16.6. The second-order valence-electron chi connectivity index (χ2n) is 5.90. The highest BCUT2D eigenvalue weighted by atomic mass is 32.2. The van der Waals surface area contributed by atoms with Crippen molar-refractivity contribution in [2.45, 2.75) is 26.8 Å². The summed E-state index contributed by atoms with van der Waals surface area (Å²) in [5.41, 5.74) is 3.77. The van der Waals surface area contributed by atoms with E-state index in [-0.39, 0.29) is 5.91 Å². The van der Waals surface area contributed by atoms with Gasteiger partial charge in [-0.1, -0.05) is 24.3 Å². The monoisotopic (exact) mass is 374 g/mol. The number of thiazole rings is 1. The minimum absolute atomic E-state index is 0.288. The van der Waals surface area contributed by atoms with Gasteiger partial charge in [-0.05, 0) is 43.4 Å². The third-order valence-electron chi connectivity index (χ3n) is 4.20. The van der Waals surface area contributed by atoms with Gasteiger partial charge in [-0.2, -0.15) is 21.9 Å². The van der Waals surface area contributed by atoms with Crippen molar-refractivity contribution in [3.05, 3.63) is 46.0 Å². The third-order valence-corrected chi connectivity index (χ3v) is 5.84. The summed E-state index contributed by atoms with van der Waals surface area (Å²) in [6.07, 6.45) is 3.08. The number of amides is 1. The lowest BCUT2D eigenvalue weighted by Crippen LogP contribution is -2.18. The lowest BCUT2D eigenvalue weighted by atomic mass is 10.2. The van der Waals surface area contributed by atoms with Crippen LogP contribution in [0.25, 0.3) is 10.2 Å². The van der Waals surface area contributed by atoms with Crippen LogP contribution < -0.4 is 4.80 Å². The average Bonchev–Trinajstić information content (AvgIpc) is 3.12. The molecule has 0 aliphatic carbocycles. The van der Waals surface area contributed by atoms with Gasteiger partial charge in [0.15, 0.2) is 10.5 Å². The third kappa shape index (κ3) is 3.72. The smallest absolute Gasteiger partial charge is 0.300 e. The van der Waals surface area contributed by atoms with Gasteiger partial charge in [-0.15, -0.1) is 0 Å². The molecule has 0 N–H and O–H groups in total. The Bertz CT molecular complexity index is 961. The van der Waals surface area contributed by atoms with Crippen LogP contribution in [0, 0.1) is 6.92 Å². The van der Waals surface area contributed by atoms with Crippen molar-refractivity contribution in [3.8, 4) is 0 Å². The van der Waals surface area contributed by atoms with Gasteiger partial charge in [-0.25, -0.2) is 0 Å². The SMILES string of the molecule is CCc1ccc2c(c1)sc(=NC(=O)c1cc(C)n(C)n1)n2CCSC. The average molecular weight is 375 g/mol. The predicted molar refractivity (Wildman–Crippen MR) is 105 cm³/mol. The summed E-state index contributed by atoms with van der Waals surface area (Å²) in [6.45, 7) is 4.91. The quantitative estimate of drug-likeness (QED) is 0.688. The number of hydrogen-bond donors (Lipinski definition) is 0. The van der Waals surface area contributed by atoms with Gasteiger partial charge in [0.05, 0.1) is 10.2 Å². The van der Waals surface area contributed by atoms with E-state index >= 15 is 0 Å². The van der Waals surface area contributed by atoms with Crippen LogP contribution in [0.1, 0.15) is 28.7 Å². The van der Waals surface area contributed by atoms with Crippen LogP contribution >= 0.6 is 23.1 Å². The molecule has 3 aromatic rings. The minimum Gasteiger partial charge on any atom is -0.316 e. The first-order chi connectivity index (χ1) is 12.0. The number of benzene rings is 1. The van der Waals surface area contributed by atoms with Crippen LogP contribution in [0.4, 0.5) is 0 Å². The van der Waals surface area contributed by atoms with Crippen molar-refractivity contribution in [1.29, 1.82) is 0 Å². The standard InChI is InChI=1S/C18H22N4OS2/c1-5-13-6-7-15-16(11-13)25-18(22(15)8-9-24-4)19-17(23)14-10-12(2)21(3)20-14/h6-7,10-11H,5,8-9H2,1-4H3. The Morgan fingerprint density at radius 3 is 2.80 bits per heavy atom. The molecule has 0 aliphatic rings. The van der Waals surface area contributed by atoms with E-state index < -0.39 is 0 Å². The number of thioether (sulfide) groups is 1. The fourth-order valence-electron chi connectivity index (χ4n) is 2.63. The van der Waals surface area contributed by atoms with E-state index in [2.05, 4.69) is 46.0 Å². The summed E-state index contributed by atoms with van der Waals surface area (Å²) in [5.74, 6) is 0.690. The molecule has 0 fully saturated rings. The summed E-state index contributed by atoms with van der Waals surface area (Å²) < 4.78 is 5.01. The van der Waals surface area contributed by atoms with Crippen molar-refractivity contribution in [3.63, 3.8) is 0 Å². The first-order valence-corrected chi connectivity index (χ1v) is 10.5. The maximum atomic E-state index is 12.6. The Morgan fingerprint density at radius 1 is 1.36 bits per heavy atom. The van der Waals surface area contributed by atoms with Crippen LogP contribution in [0.2, 0.25) is 0 Å². The number of hydrogen-bond acceptors (Lipinski definition) is 4. The largest absolute Gasteiger partial charge is 0.316 e.